The number of aliphatic hydroxyl groups is 1. The molecule has 2 atom stereocenters. The lowest BCUT2D eigenvalue weighted by Crippen LogP contribution is -2.31. The Morgan fingerprint density at radius 3 is 2.75 bits per heavy atom. The Hall–Kier alpha value is -0.900. The van der Waals surface area contributed by atoms with E-state index in [1.54, 1.807) is 6.92 Å². The second-order valence-corrected chi connectivity index (χ2v) is 3.65. The molecule has 1 rings (SSSR count). The van der Waals surface area contributed by atoms with Crippen LogP contribution in [0.1, 0.15) is 20.8 Å². The van der Waals surface area contributed by atoms with Crippen LogP contribution in [0, 0.1) is 0 Å². The third kappa shape index (κ3) is 4.75. The van der Waals surface area contributed by atoms with E-state index in [2.05, 4.69) is 0 Å². The summed E-state index contributed by atoms with van der Waals surface area (Å²) in [6, 6.07) is 9.85. The van der Waals surface area contributed by atoms with Crippen LogP contribution in [0.15, 0.2) is 30.3 Å². The van der Waals surface area contributed by atoms with E-state index in [4.69, 9.17) is 10.8 Å². The van der Waals surface area contributed by atoms with Gasteiger partial charge in [0.15, 0.2) is 0 Å². The molecule has 0 spiro atoms. The fraction of sp³-hybridized carbons (Fsp3) is 0.538. The maximum atomic E-state index is 9.47. The van der Waals surface area contributed by atoms with Crippen LogP contribution in [-0.2, 0) is 16.1 Å². The van der Waals surface area contributed by atoms with Crippen molar-refractivity contribution in [2.75, 3.05) is 13.2 Å². The molecule has 0 unspecified atom stereocenters. The van der Waals surface area contributed by atoms with Crippen LogP contribution >= 0.6 is 0 Å². The first kappa shape index (κ1) is 11.6. The van der Waals surface area contributed by atoms with Crippen molar-refractivity contribution in [3.8, 4) is 0 Å². The first-order chi connectivity index (χ1) is 8.24. The summed E-state index contributed by atoms with van der Waals surface area (Å²) in [6.07, 6.45) is -0.943. The van der Waals surface area contributed by atoms with Gasteiger partial charge in [-0.15, -0.1) is 0 Å². The quantitative estimate of drug-likeness (QED) is 0.771. The molecule has 0 aliphatic heterocycles. The largest absolute Gasteiger partial charge is 0.391 e. The predicted octanol–water partition coefficient (Wildman–Crippen LogP) is 1.99. The monoisotopic (exact) mass is 225 g/mol. The van der Waals surface area contributed by atoms with E-state index in [9.17, 15) is 5.11 Å². The molecule has 1 N–H and O–H groups in total. The molecule has 0 bridgehead atoms. The minimum absolute atomic E-state index is 0.196. The number of hydrogen-bond donors (Lipinski definition) is 1. The van der Waals surface area contributed by atoms with E-state index >= 15 is 0 Å². The summed E-state index contributed by atoms with van der Waals surface area (Å²) >= 11 is 0. The van der Waals surface area contributed by atoms with E-state index in [-0.39, 0.29) is 13.0 Å². The van der Waals surface area contributed by atoms with E-state index in [0.29, 0.717) is 19.8 Å². The molecule has 0 radical (unpaired) electrons. The van der Waals surface area contributed by atoms with Crippen LogP contribution in [0.2, 0.25) is 0 Å². The van der Waals surface area contributed by atoms with Gasteiger partial charge in [0.05, 0.1) is 19.3 Å². The Labute approximate surface area is 98.4 Å². The molecule has 1 aromatic carbocycles. The summed E-state index contributed by atoms with van der Waals surface area (Å²) < 4.78 is 17.8. The second kappa shape index (κ2) is 7.39. The van der Waals surface area contributed by atoms with Crippen molar-refractivity contribution in [3.63, 3.8) is 0 Å². The Morgan fingerprint density at radius 2 is 2.12 bits per heavy atom. The Kier molecular flexibility index (Phi) is 5.35. The summed E-state index contributed by atoms with van der Waals surface area (Å²) in [5, 5.41) is 9.47. The van der Waals surface area contributed by atoms with Gasteiger partial charge in [-0.05, 0) is 19.4 Å². The molecule has 0 fully saturated rings. The summed E-state index contributed by atoms with van der Waals surface area (Å²) in [7, 11) is 0. The molecule has 0 saturated heterocycles. The third-order valence-electron chi connectivity index (χ3n) is 2.26. The number of ether oxygens (including phenoxy) is 2. The molecule has 0 amide bonds. The Bertz CT molecular complexity index is 290. The topological polar surface area (TPSA) is 38.7 Å². The fourth-order valence-corrected chi connectivity index (χ4v) is 1.35. The van der Waals surface area contributed by atoms with E-state index in [0.717, 1.165) is 5.56 Å². The van der Waals surface area contributed by atoms with Crippen molar-refractivity contribution in [2.24, 2.45) is 0 Å². The standard InChI is InChI=1S/C13H20O3/c1-3-16-13(11(2)14)10-15-9-12-7-5-4-6-8-12/h4-8,11,13-14H,3,9-10H2,1-2H3/t11-,13+/m1/s1/i1D. The lowest BCUT2D eigenvalue weighted by atomic mass is 10.2. The zero-order valence-electron chi connectivity index (χ0n) is 10.6. The van der Waals surface area contributed by atoms with Crippen LogP contribution in [0.5, 0.6) is 0 Å². The van der Waals surface area contributed by atoms with Gasteiger partial charge in [-0.25, -0.2) is 0 Å². The van der Waals surface area contributed by atoms with Crippen LogP contribution in [0.3, 0.4) is 0 Å². The maximum absolute atomic E-state index is 9.47. The number of aliphatic hydroxyl groups excluding tert-OH is 1. The van der Waals surface area contributed by atoms with Gasteiger partial charge in [0.1, 0.15) is 6.10 Å². The van der Waals surface area contributed by atoms with Gasteiger partial charge in [0, 0.05) is 7.98 Å². The average molecular weight is 225 g/mol. The van der Waals surface area contributed by atoms with Crippen molar-refractivity contribution in [1.82, 2.24) is 0 Å². The van der Waals surface area contributed by atoms with Crippen molar-refractivity contribution >= 4 is 0 Å². The summed E-state index contributed by atoms with van der Waals surface area (Å²) in [5.41, 5.74) is 1.09. The van der Waals surface area contributed by atoms with Crippen molar-refractivity contribution < 1.29 is 16.0 Å². The molecule has 0 aliphatic carbocycles. The van der Waals surface area contributed by atoms with Crippen LogP contribution in [0.25, 0.3) is 0 Å². The molecular weight excluding hydrogens is 204 g/mol. The van der Waals surface area contributed by atoms with Crippen molar-refractivity contribution in [1.29, 1.82) is 0 Å². The van der Waals surface area contributed by atoms with Gasteiger partial charge < -0.3 is 14.6 Å². The van der Waals surface area contributed by atoms with Gasteiger partial charge in [-0.2, -0.15) is 0 Å². The normalized spacial score (nSPS) is 15.5. The maximum Gasteiger partial charge on any atom is 0.106 e. The molecule has 3 heteroatoms. The fourth-order valence-electron chi connectivity index (χ4n) is 1.35. The molecule has 3 nitrogen and oxygen atoms in total. The zero-order chi connectivity index (χ0) is 12.5. The molecule has 90 valence electrons. The molecular formula is C13H20O3. The minimum atomic E-state index is -0.586. The average Bonchev–Trinajstić information content (AvgIpc) is 2.34. The van der Waals surface area contributed by atoms with E-state index in [1.165, 1.54) is 0 Å². The molecule has 1 aromatic rings. The third-order valence-corrected chi connectivity index (χ3v) is 2.26. The molecule has 16 heavy (non-hydrogen) atoms. The highest BCUT2D eigenvalue weighted by Crippen LogP contribution is 2.04. The molecule has 0 aromatic heterocycles. The Morgan fingerprint density at radius 1 is 1.38 bits per heavy atom. The van der Waals surface area contributed by atoms with E-state index in [1.807, 2.05) is 30.3 Å². The van der Waals surface area contributed by atoms with Crippen molar-refractivity contribution in [2.45, 2.75) is 32.6 Å². The van der Waals surface area contributed by atoms with Gasteiger partial charge in [0.25, 0.3) is 0 Å². The smallest absolute Gasteiger partial charge is 0.106 e. The summed E-state index contributed by atoms with van der Waals surface area (Å²) in [4.78, 5) is 0. The summed E-state index contributed by atoms with van der Waals surface area (Å²) in [5.74, 6) is 0. The van der Waals surface area contributed by atoms with Crippen LogP contribution < -0.4 is 0 Å². The highest BCUT2D eigenvalue weighted by Gasteiger charge is 2.14. The predicted molar refractivity (Wildman–Crippen MR) is 63.2 cm³/mol. The molecule has 0 heterocycles. The molecule has 0 aliphatic rings. The summed E-state index contributed by atoms with van der Waals surface area (Å²) in [6.45, 7) is 3.04. The van der Waals surface area contributed by atoms with Gasteiger partial charge in [-0.3, -0.25) is 0 Å². The van der Waals surface area contributed by atoms with Crippen LogP contribution in [-0.4, -0.2) is 30.5 Å². The lowest BCUT2D eigenvalue weighted by molar-refractivity contribution is -0.0729. The first-order valence-corrected chi connectivity index (χ1v) is 5.44. The van der Waals surface area contributed by atoms with Crippen molar-refractivity contribution in [3.05, 3.63) is 35.9 Å². The Balaban J connectivity index is 2.27. The lowest BCUT2D eigenvalue weighted by Gasteiger charge is -2.19. The highest BCUT2D eigenvalue weighted by atomic mass is 16.5. The van der Waals surface area contributed by atoms with Gasteiger partial charge in [0.2, 0.25) is 0 Å². The number of rotatable bonds is 7. The number of hydrogen-bond acceptors (Lipinski definition) is 3. The van der Waals surface area contributed by atoms with E-state index < -0.39 is 6.10 Å². The zero-order valence-corrected chi connectivity index (χ0v) is 9.63. The van der Waals surface area contributed by atoms with Crippen LogP contribution in [0.4, 0.5) is 0 Å². The van der Waals surface area contributed by atoms with Gasteiger partial charge in [-0.1, -0.05) is 30.3 Å². The second-order valence-electron chi connectivity index (χ2n) is 3.65. The SMILES string of the molecule is [2H]CCO[C@@H](COCc1ccccc1)[C@@H](C)O. The highest BCUT2D eigenvalue weighted by molar-refractivity contribution is 5.13. The molecule has 0 saturated carbocycles. The van der Waals surface area contributed by atoms with Gasteiger partial charge >= 0.3 is 0 Å². The number of benzene rings is 1. The first-order valence-electron chi connectivity index (χ1n) is 6.15. The minimum Gasteiger partial charge on any atom is -0.391 e.